The molecule has 0 amide bonds. The molecule has 17 heavy (non-hydrogen) atoms. The van der Waals surface area contributed by atoms with E-state index in [2.05, 4.69) is 36.9 Å². The molecule has 0 radical (unpaired) electrons. The van der Waals surface area contributed by atoms with Crippen molar-refractivity contribution in [3.8, 4) is 0 Å². The van der Waals surface area contributed by atoms with Crippen LogP contribution in [0.5, 0.6) is 0 Å². The van der Waals surface area contributed by atoms with E-state index >= 15 is 0 Å². The quantitative estimate of drug-likeness (QED) is 0.862. The van der Waals surface area contributed by atoms with Gasteiger partial charge in [-0.15, -0.1) is 0 Å². The average Bonchev–Trinajstić information content (AvgIpc) is 2.29. The van der Waals surface area contributed by atoms with E-state index in [1.807, 2.05) is 0 Å². The summed E-state index contributed by atoms with van der Waals surface area (Å²) in [6.45, 7) is 8.59. The van der Waals surface area contributed by atoms with Gasteiger partial charge in [0.1, 0.15) is 0 Å². The molecule has 0 unspecified atom stereocenters. The van der Waals surface area contributed by atoms with Crippen LogP contribution < -0.4 is 5.73 Å². The fourth-order valence-electron chi connectivity index (χ4n) is 2.64. The summed E-state index contributed by atoms with van der Waals surface area (Å²) in [4.78, 5) is 2.45. The van der Waals surface area contributed by atoms with Gasteiger partial charge in [0, 0.05) is 26.2 Å². The minimum Gasteiger partial charge on any atom is -0.329 e. The van der Waals surface area contributed by atoms with Gasteiger partial charge in [-0.1, -0.05) is 32.0 Å². The molecule has 2 N–H and O–H groups in total. The summed E-state index contributed by atoms with van der Waals surface area (Å²) in [5.74, 6) is 0.741. The summed E-state index contributed by atoms with van der Waals surface area (Å²) in [7, 11) is 0. The Hall–Kier alpha value is -0.860. The van der Waals surface area contributed by atoms with E-state index in [-0.39, 0.29) is 0 Å². The van der Waals surface area contributed by atoms with Crippen molar-refractivity contribution in [1.82, 2.24) is 4.90 Å². The number of nitrogens with zero attached hydrogens (tertiary/aromatic N) is 1. The highest BCUT2D eigenvalue weighted by molar-refractivity contribution is 5.34. The summed E-state index contributed by atoms with van der Waals surface area (Å²) in [5, 5.41) is 0. The monoisotopic (exact) mass is 232 g/mol. The molecule has 1 aliphatic rings. The minimum atomic E-state index is 0.741. The molecule has 0 saturated heterocycles. The van der Waals surface area contributed by atoms with Crippen molar-refractivity contribution >= 4 is 0 Å². The normalized spacial score (nSPS) is 16.2. The van der Waals surface area contributed by atoms with Crippen LogP contribution in [0.25, 0.3) is 0 Å². The van der Waals surface area contributed by atoms with E-state index in [1.54, 1.807) is 5.56 Å². The molecular formula is C15H24N2. The van der Waals surface area contributed by atoms with Crippen LogP contribution in [0.3, 0.4) is 0 Å². The number of benzene rings is 1. The molecule has 1 aromatic rings. The molecule has 0 fully saturated rings. The smallest absolute Gasteiger partial charge is 0.0237 e. The maximum Gasteiger partial charge on any atom is 0.0237 e. The molecule has 2 heteroatoms. The van der Waals surface area contributed by atoms with Crippen LogP contribution in [0.15, 0.2) is 18.2 Å². The summed E-state index contributed by atoms with van der Waals surface area (Å²) < 4.78 is 0. The first-order valence-corrected chi connectivity index (χ1v) is 6.72. The number of hydrogen-bond donors (Lipinski definition) is 1. The van der Waals surface area contributed by atoms with Crippen molar-refractivity contribution in [3.05, 3.63) is 34.9 Å². The maximum atomic E-state index is 5.62. The Morgan fingerprint density at radius 3 is 2.82 bits per heavy atom. The zero-order chi connectivity index (χ0) is 12.3. The van der Waals surface area contributed by atoms with Gasteiger partial charge in [-0.2, -0.15) is 0 Å². The molecule has 0 saturated carbocycles. The Morgan fingerprint density at radius 2 is 2.12 bits per heavy atom. The number of fused-ring (bicyclic) bond motifs is 1. The van der Waals surface area contributed by atoms with Gasteiger partial charge in [0.05, 0.1) is 0 Å². The van der Waals surface area contributed by atoms with Gasteiger partial charge in [0.25, 0.3) is 0 Å². The molecule has 0 spiro atoms. The molecule has 2 nitrogen and oxygen atoms in total. The zero-order valence-electron chi connectivity index (χ0n) is 11.1. The van der Waals surface area contributed by atoms with Crippen LogP contribution in [-0.4, -0.2) is 24.5 Å². The maximum absolute atomic E-state index is 5.62. The van der Waals surface area contributed by atoms with Crippen LogP contribution in [0.1, 0.15) is 30.5 Å². The van der Waals surface area contributed by atoms with Gasteiger partial charge in [-0.3, -0.25) is 4.90 Å². The van der Waals surface area contributed by atoms with E-state index in [4.69, 9.17) is 5.73 Å². The molecule has 0 atom stereocenters. The predicted octanol–water partition coefficient (Wildman–Crippen LogP) is 2.20. The predicted molar refractivity (Wildman–Crippen MR) is 73.0 cm³/mol. The summed E-state index contributed by atoms with van der Waals surface area (Å²) in [6.07, 6.45) is 2.38. The molecule has 0 aromatic heterocycles. The second kappa shape index (κ2) is 5.65. The van der Waals surface area contributed by atoms with Gasteiger partial charge in [-0.05, 0) is 35.4 Å². The van der Waals surface area contributed by atoms with Gasteiger partial charge in [0.15, 0.2) is 0 Å². The van der Waals surface area contributed by atoms with Gasteiger partial charge < -0.3 is 5.73 Å². The summed E-state index contributed by atoms with van der Waals surface area (Å²) in [6, 6.07) is 7.02. The number of rotatable bonds is 4. The van der Waals surface area contributed by atoms with Crippen LogP contribution in [0.2, 0.25) is 0 Å². The Kier molecular flexibility index (Phi) is 4.19. The van der Waals surface area contributed by atoms with E-state index < -0.39 is 0 Å². The standard InChI is InChI=1S/C15H24N2/c1-12(2)9-13-3-4-15-11-17(8-6-16)7-5-14(15)10-13/h3-4,10,12H,5-9,11,16H2,1-2H3. The third kappa shape index (κ3) is 3.30. The second-order valence-electron chi connectivity index (χ2n) is 5.52. The largest absolute Gasteiger partial charge is 0.329 e. The van der Waals surface area contributed by atoms with Crippen molar-refractivity contribution < 1.29 is 0 Å². The average molecular weight is 232 g/mol. The zero-order valence-corrected chi connectivity index (χ0v) is 11.1. The molecule has 1 heterocycles. The first-order chi connectivity index (χ1) is 8.19. The number of hydrogen-bond acceptors (Lipinski definition) is 2. The van der Waals surface area contributed by atoms with E-state index in [0.717, 1.165) is 32.1 Å². The van der Waals surface area contributed by atoms with Crippen LogP contribution >= 0.6 is 0 Å². The fraction of sp³-hybridized carbons (Fsp3) is 0.600. The second-order valence-corrected chi connectivity index (χ2v) is 5.52. The highest BCUT2D eigenvalue weighted by Gasteiger charge is 2.15. The molecule has 2 rings (SSSR count). The summed E-state index contributed by atoms with van der Waals surface area (Å²) in [5.41, 5.74) is 10.2. The van der Waals surface area contributed by atoms with Crippen molar-refractivity contribution in [1.29, 1.82) is 0 Å². The molecule has 94 valence electrons. The van der Waals surface area contributed by atoms with E-state index in [9.17, 15) is 0 Å². The topological polar surface area (TPSA) is 29.3 Å². The highest BCUT2D eigenvalue weighted by Crippen LogP contribution is 2.21. The summed E-state index contributed by atoms with van der Waals surface area (Å²) >= 11 is 0. The Morgan fingerprint density at radius 1 is 1.29 bits per heavy atom. The van der Waals surface area contributed by atoms with Gasteiger partial charge in [0.2, 0.25) is 0 Å². The lowest BCUT2D eigenvalue weighted by Gasteiger charge is -2.28. The molecule has 1 aliphatic heterocycles. The minimum absolute atomic E-state index is 0.741. The Labute approximate surface area is 105 Å². The molecule has 1 aromatic carbocycles. The number of nitrogens with two attached hydrogens (primary N) is 1. The van der Waals surface area contributed by atoms with Crippen molar-refractivity contribution in [2.45, 2.75) is 33.2 Å². The van der Waals surface area contributed by atoms with Crippen molar-refractivity contribution in [2.24, 2.45) is 11.7 Å². The highest BCUT2D eigenvalue weighted by atomic mass is 15.1. The third-order valence-electron chi connectivity index (χ3n) is 3.45. The first kappa shape index (κ1) is 12.6. The van der Waals surface area contributed by atoms with Gasteiger partial charge in [-0.25, -0.2) is 0 Å². The van der Waals surface area contributed by atoms with Crippen LogP contribution in [0, 0.1) is 5.92 Å². The lowest BCUT2D eigenvalue weighted by molar-refractivity contribution is 0.261. The lowest BCUT2D eigenvalue weighted by atomic mass is 9.94. The van der Waals surface area contributed by atoms with Crippen LogP contribution in [-0.2, 0) is 19.4 Å². The van der Waals surface area contributed by atoms with E-state index in [1.165, 1.54) is 24.0 Å². The van der Waals surface area contributed by atoms with Crippen molar-refractivity contribution in [2.75, 3.05) is 19.6 Å². The SMILES string of the molecule is CC(C)Cc1ccc2c(c1)CCN(CCN)C2. The molecular weight excluding hydrogens is 208 g/mol. The fourth-order valence-corrected chi connectivity index (χ4v) is 2.64. The Balaban J connectivity index is 2.08. The molecule has 0 bridgehead atoms. The molecule has 0 aliphatic carbocycles. The van der Waals surface area contributed by atoms with Crippen molar-refractivity contribution in [3.63, 3.8) is 0 Å². The Bertz CT molecular complexity index is 371. The van der Waals surface area contributed by atoms with Gasteiger partial charge >= 0.3 is 0 Å². The first-order valence-electron chi connectivity index (χ1n) is 6.72. The van der Waals surface area contributed by atoms with E-state index in [0.29, 0.717) is 0 Å². The third-order valence-corrected chi connectivity index (χ3v) is 3.45. The van der Waals surface area contributed by atoms with Crippen LogP contribution in [0.4, 0.5) is 0 Å². The lowest BCUT2D eigenvalue weighted by Crippen LogP contribution is -2.34.